The highest BCUT2D eigenvalue weighted by Crippen LogP contribution is 2.47. The molecule has 2 amide bonds. The molecule has 0 spiro atoms. The van der Waals surface area contributed by atoms with E-state index in [9.17, 15) is 4.79 Å². The molecule has 1 rings (SSSR count). The predicted molar refractivity (Wildman–Crippen MR) is 58.2 cm³/mol. The highest BCUT2D eigenvalue weighted by Gasteiger charge is 2.60. The summed E-state index contributed by atoms with van der Waals surface area (Å²) in [4.78, 5) is 11.6. The second-order valence-electron chi connectivity index (χ2n) is 4.14. The van der Waals surface area contributed by atoms with Crippen LogP contribution in [0.1, 0.15) is 40.5 Å². The quantitative estimate of drug-likeness (QED) is 0.677. The molecule has 5 heteroatoms. The third-order valence-electron chi connectivity index (χ3n) is 3.51. The third-order valence-corrected chi connectivity index (χ3v) is 4.55. The normalized spacial score (nSPS) is 24.6. The van der Waals surface area contributed by atoms with E-state index in [1.807, 2.05) is 27.7 Å². The third kappa shape index (κ3) is 1.15. The fraction of sp³-hybridized carbons (Fsp3) is 0.889. The van der Waals surface area contributed by atoms with Gasteiger partial charge in [0, 0.05) is 23.6 Å². The topological polar surface area (TPSA) is 23.6 Å². The van der Waals surface area contributed by atoms with Crippen LogP contribution in [-0.4, -0.2) is 25.9 Å². The minimum absolute atomic E-state index is 0.331. The van der Waals surface area contributed by atoms with Crippen molar-refractivity contribution < 1.29 is 4.79 Å². The minimum Gasteiger partial charge on any atom is -0.246 e. The van der Waals surface area contributed by atoms with Gasteiger partial charge in [-0.05, 0) is 26.7 Å². The van der Waals surface area contributed by atoms with Crippen LogP contribution in [0, 0.1) is 0 Å². The van der Waals surface area contributed by atoms with Gasteiger partial charge in [0.25, 0.3) is 0 Å². The van der Waals surface area contributed by atoms with Gasteiger partial charge in [0.05, 0.1) is 11.1 Å². The molecule has 1 aliphatic rings. The lowest BCUT2D eigenvalue weighted by Gasteiger charge is -2.41. The van der Waals surface area contributed by atoms with Gasteiger partial charge in [-0.15, -0.1) is 0 Å². The Kier molecular flexibility index (Phi) is 2.94. The van der Waals surface area contributed by atoms with Crippen molar-refractivity contribution in [2.75, 3.05) is 0 Å². The zero-order chi connectivity index (χ0) is 11.1. The number of nitrogens with zero attached hydrogens (tertiary/aromatic N) is 2. The average Bonchev–Trinajstić information content (AvgIpc) is 2.28. The number of hydrogen-bond donors (Lipinski definition) is 0. The van der Waals surface area contributed by atoms with Crippen LogP contribution in [-0.2, 0) is 0 Å². The second kappa shape index (κ2) is 3.46. The Labute approximate surface area is 95.2 Å². The number of rotatable bonds is 2. The summed E-state index contributed by atoms with van der Waals surface area (Å²) >= 11 is 12.0. The first-order chi connectivity index (χ1) is 6.35. The summed E-state index contributed by atoms with van der Waals surface area (Å²) in [5, 5.41) is 0. The molecule has 3 nitrogen and oxygen atoms in total. The van der Waals surface area contributed by atoms with Crippen molar-refractivity contribution in [3.8, 4) is 0 Å². The lowest BCUT2D eigenvalue weighted by atomic mass is 9.77. The van der Waals surface area contributed by atoms with E-state index in [0.29, 0.717) is 0 Å². The molecule has 14 heavy (non-hydrogen) atoms. The Morgan fingerprint density at radius 1 is 1.14 bits per heavy atom. The Morgan fingerprint density at radius 3 is 1.71 bits per heavy atom. The highest BCUT2D eigenvalue weighted by molar-refractivity contribution is 6.29. The minimum atomic E-state index is -0.448. The van der Waals surface area contributed by atoms with E-state index in [4.69, 9.17) is 23.6 Å². The lowest BCUT2D eigenvalue weighted by molar-refractivity contribution is 0.136. The van der Waals surface area contributed by atoms with E-state index in [2.05, 4.69) is 0 Å². The van der Waals surface area contributed by atoms with Crippen molar-refractivity contribution in [1.29, 1.82) is 0 Å². The summed E-state index contributed by atoms with van der Waals surface area (Å²) in [6.45, 7) is 7.91. The predicted octanol–water partition coefficient (Wildman–Crippen LogP) is 3.37. The Morgan fingerprint density at radius 2 is 1.57 bits per heavy atom. The van der Waals surface area contributed by atoms with Gasteiger partial charge in [0.1, 0.15) is 0 Å². The largest absolute Gasteiger partial charge is 0.350 e. The van der Waals surface area contributed by atoms with Crippen LogP contribution in [0.15, 0.2) is 0 Å². The Bertz CT molecular complexity index is 251. The molecular formula is C9H16Cl2N2O. The molecule has 1 aliphatic heterocycles. The molecule has 1 fully saturated rings. The fourth-order valence-electron chi connectivity index (χ4n) is 2.32. The van der Waals surface area contributed by atoms with Gasteiger partial charge in [0.2, 0.25) is 0 Å². The number of amides is 2. The van der Waals surface area contributed by atoms with Crippen LogP contribution < -0.4 is 0 Å². The first kappa shape index (κ1) is 11.9. The van der Waals surface area contributed by atoms with Gasteiger partial charge in [0.15, 0.2) is 0 Å². The molecule has 0 saturated carbocycles. The van der Waals surface area contributed by atoms with Crippen molar-refractivity contribution in [1.82, 2.24) is 8.84 Å². The fourth-order valence-corrected chi connectivity index (χ4v) is 3.11. The maximum Gasteiger partial charge on any atom is 0.350 e. The summed E-state index contributed by atoms with van der Waals surface area (Å²) in [7, 11) is 0. The second-order valence-corrected chi connectivity index (χ2v) is 4.82. The van der Waals surface area contributed by atoms with E-state index in [-0.39, 0.29) is 11.6 Å². The number of hydrogen-bond acceptors (Lipinski definition) is 1. The van der Waals surface area contributed by atoms with Gasteiger partial charge in [-0.3, -0.25) is 0 Å². The van der Waals surface area contributed by atoms with Crippen LogP contribution in [0.3, 0.4) is 0 Å². The first-order valence-corrected chi connectivity index (χ1v) is 5.48. The van der Waals surface area contributed by atoms with Crippen LogP contribution in [0.25, 0.3) is 0 Å². The van der Waals surface area contributed by atoms with Crippen molar-refractivity contribution in [3.05, 3.63) is 0 Å². The Hall–Kier alpha value is -0.150. The van der Waals surface area contributed by atoms with Crippen molar-refractivity contribution in [2.45, 2.75) is 51.6 Å². The van der Waals surface area contributed by atoms with Crippen molar-refractivity contribution in [3.63, 3.8) is 0 Å². The SMILES string of the molecule is CCC1(CC)N(Cl)C(=O)N(Cl)C1(C)C. The standard InChI is InChI=1S/C9H16Cl2N2O/c1-5-9(6-2)8(3,4)12(10)7(14)13(9)11/h5-6H2,1-4H3. The molecule has 1 saturated heterocycles. The summed E-state index contributed by atoms with van der Waals surface area (Å²) in [6.07, 6.45) is 1.57. The van der Waals surface area contributed by atoms with E-state index in [1.54, 1.807) is 0 Å². The lowest BCUT2D eigenvalue weighted by Crippen LogP contribution is -2.54. The molecule has 0 N–H and O–H groups in total. The Balaban J connectivity index is 3.22. The summed E-state index contributed by atoms with van der Waals surface area (Å²) < 4.78 is 2.45. The van der Waals surface area contributed by atoms with E-state index < -0.39 is 5.54 Å². The molecule has 0 aliphatic carbocycles. The number of carbonyl (C=O) groups excluding carboxylic acids is 1. The van der Waals surface area contributed by atoms with Gasteiger partial charge in [-0.2, -0.15) is 0 Å². The van der Waals surface area contributed by atoms with Gasteiger partial charge < -0.3 is 0 Å². The average molecular weight is 239 g/mol. The molecule has 1 heterocycles. The molecule has 0 atom stereocenters. The van der Waals surface area contributed by atoms with Crippen LogP contribution in [0.4, 0.5) is 4.79 Å². The summed E-state index contributed by atoms with van der Waals surface area (Å²) in [5.74, 6) is 0. The molecule has 0 unspecified atom stereocenters. The van der Waals surface area contributed by atoms with E-state index >= 15 is 0 Å². The van der Waals surface area contributed by atoms with Gasteiger partial charge >= 0.3 is 6.03 Å². The zero-order valence-electron chi connectivity index (χ0n) is 8.97. The monoisotopic (exact) mass is 238 g/mol. The van der Waals surface area contributed by atoms with Crippen LogP contribution in [0.2, 0.25) is 0 Å². The molecular weight excluding hydrogens is 223 g/mol. The maximum atomic E-state index is 11.6. The molecule has 0 radical (unpaired) electrons. The molecule has 0 bridgehead atoms. The van der Waals surface area contributed by atoms with E-state index in [0.717, 1.165) is 12.8 Å². The molecule has 82 valence electrons. The molecule has 0 aromatic carbocycles. The highest BCUT2D eigenvalue weighted by atomic mass is 35.5. The van der Waals surface area contributed by atoms with E-state index in [1.165, 1.54) is 8.84 Å². The van der Waals surface area contributed by atoms with Crippen molar-refractivity contribution in [2.24, 2.45) is 0 Å². The molecule has 0 aromatic rings. The smallest absolute Gasteiger partial charge is 0.246 e. The van der Waals surface area contributed by atoms with Crippen molar-refractivity contribution >= 4 is 29.6 Å². The summed E-state index contributed by atoms with van der Waals surface area (Å²) in [5.41, 5.74) is -0.829. The maximum absolute atomic E-state index is 11.6. The number of urea groups is 1. The van der Waals surface area contributed by atoms with Crippen LogP contribution >= 0.6 is 23.6 Å². The zero-order valence-corrected chi connectivity index (χ0v) is 10.5. The number of carbonyl (C=O) groups is 1. The molecule has 0 aromatic heterocycles. The summed E-state index contributed by atoms with van der Waals surface area (Å²) in [6, 6.07) is -0.331. The number of halogens is 2. The first-order valence-electron chi connectivity index (χ1n) is 4.81. The van der Waals surface area contributed by atoms with Gasteiger partial charge in [-0.25, -0.2) is 13.6 Å². The van der Waals surface area contributed by atoms with Crippen LogP contribution in [0.5, 0.6) is 0 Å². The van der Waals surface area contributed by atoms with Gasteiger partial charge in [-0.1, -0.05) is 13.8 Å².